The summed E-state index contributed by atoms with van der Waals surface area (Å²) in [4.78, 5) is 22.0. The Labute approximate surface area is 107 Å². The fourth-order valence-electron chi connectivity index (χ4n) is 1.17. The van der Waals surface area contributed by atoms with E-state index in [1.165, 1.54) is 6.92 Å². The van der Waals surface area contributed by atoms with E-state index in [-0.39, 0.29) is 12.3 Å². The Balaban J connectivity index is 2.59. The number of aliphatic carboxylic acids is 1. The molecule has 0 radical (unpaired) electrons. The van der Waals surface area contributed by atoms with Crippen LogP contribution in [0.2, 0.25) is 0 Å². The number of halogens is 1. The van der Waals surface area contributed by atoms with Gasteiger partial charge in [0.2, 0.25) is 5.91 Å². The van der Waals surface area contributed by atoms with Crippen LogP contribution >= 0.6 is 22.6 Å². The Morgan fingerprint density at radius 3 is 2.62 bits per heavy atom. The monoisotopic (exact) mass is 333 g/mol. The number of benzene rings is 1. The van der Waals surface area contributed by atoms with E-state index in [0.717, 1.165) is 9.13 Å². The first-order valence-corrected chi connectivity index (χ1v) is 5.84. The lowest BCUT2D eigenvalue weighted by molar-refractivity contribution is -0.141. The highest BCUT2D eigenvalue weighted by molar-refractivity contribution is 14.1. The Morgan fingerprint density at radius 1 is 1.44 bits per heavy atom. The smallest absolute Gasteiger partial charge is 0.325 e. The summed E-state index contributed by atoms with van der Waals surface area (Å²) in [5, 5.41) is 11.0. The summed E-state index contributed by atoms with van der Waals surface area (Å²) in [6, 6.07) is 6.65. The number of carboxylic acids is 1. The number of amides is 1. The normalized spacial score (nSPS) is 11.9. The van der Waals surface area contributed by atoms with Crippen molar-refractivity contribution in [3.8, 4) is 0 Å². The fourth-order valence-corrected chi connectivity index (χ4v) is 1.75. The van der Waals surface area contributed by atoms with Crippen LogP contribution in [-0.2, 0) is 16.0 Å². The molecule has 0 aliphatic heterocycles. The van der Waals surface area contributed by atoms with Gasteiger partial charge >= 0.3 is 5.97 Å². The number of hydrogen-bond donors (Lipinski definition) is 2. The maximum atomic E-state index is 11.5. The second-order valence-corrected chi connectivity index (χ2v) is 4.56. The van der Waals surface area contributed by atoms with Gasteiger partial charge in [0, 0.05) is 3.57 Å². The summed E-state index contributed by atoms with van der Waals surface area (Å²) in [6.45, 7) is 1.44. The van der Waals surface area contributed by atoms with Crippen molar-refractivity contribution in [3.63, 3.8) is 0 Å². The highest BCUT2D eigenvalue weighted by Gasteiger charge is 2.14. The van der Waals surface area contributed by atoms with Crippen molar-refractivity contribution in [1.82, 2.24) is 5.32 Å². The molecule has 0 aromatic heterocycles. The third kappa shape index (κ3) is 3.80. The molecule has 1 amide bonds. The molecule has 2 N–H and O–H groups in total. The molecule has 16 heavy (non-hydrogen) atoms. The summed E-state index contributed by atoms with van der Waals surface area (Å²) in [7, 11) is 0. The van der Waals surface area contributed by atoms with Gasteiger partial charge in [-0.2, -0.15) is 0 Å². The standard InChI is InChI=1S/C11H12INO3/c1-7(11(15)16)13-10(14)6-8-4-2-3-5-9(8)12/h2-5,7H,6H2,1H3,(H,13,14)(H,15,16)/t7-/m0/s1. The van der Waals surface area contributed by atoms with Gasteiger partial charge in [-0.1, -0.05) is 18.2 Å². The van der Waals surface area contributed by atoms with Gasteiger partial charge in [-0.05, 0) is 41.1 Å². The van der Waals surface area contributed by atoms with Crippen LogP contribution in [0.1, 0.15) is 12.5 Å². The number of carboxylic acid groups (broad SMARTS) is 1. The molecule has 0 fully saturated rings. The molecule has 0 saturated carbocycles. The Morgan fingerprint density at radius 2 is 2.06 bits per heavy atom. The minimum atomic E-state index is -1.03. The van der Waals surface area contributed by atoms with Crippen LogP contribution in [0.4, 0.5) is 0 Å². The molecule has 0 unspecified atom stereocenters. The number of carbonyl (C=O) groups is 2. The molecule has 0 saturated heterocycles. The van der Waals surface area contributed by atoms with Crippen LogP contribution in [-0.4, -0.2) is 23.0 Å². The predicted molar refractivity (Wildman–Crippen MR) is 68.1 cm³/mol. The number of nitrogens with one attached hydrogen (secondary N) is 1. The van der Waals surface area contributed by atoms with E-state index in [9.17, 15) is 9.59 Å². The van der Waals surface area contributed by atoms with E-state index in [0.29, 0.717) is 0 Å². The summed E-state index contributed by atoms with van der Waals surface area (Å²) >= 11 is 2.14. The van der Waals surface area contributed by atoms with Crippen LogP contribution in [0.5, 0.6) is 0 Å². The van der Waals surface area contributed by atoms with Gasteiger partial charge in [-0.3, -0.25) is 9.59 Å². The van der Waals surface area contributed by atoms with Crippen molar-refractivity contribution in [2.24, 2.45) is 0 Å². The van der Waals surface area contributed by atoms with Crippen LogP contribution in [0.3, 0.4) is 0 Å². The van der Waals surface area contributed by atoms with Gasteiger partial charge in [0.1, 0.15) is 6.04 Å². The van der Waals surface area contributed by atoms with E-state index in [2.05, 4.69) is 27.9 Å². The van der Waals surface area contributed by atoms with Crippen LogP contribution in [0, 0.1) is 3.57 Å². The van der Waals surface area contributed by atoms with Crippen LogP contribution in [0.15, 0.2) is 24.3 Å². The molecular formula is C11H12INO3. The maximum absolute atomic E-state index is 11.5. The SMILES string of the molecule is C[C@H](NC(=O)Cc1ccccc1I)C(=O)O. The third-order valence-electron chi connectivity index (χ3n) is 2.06. The molecule has 1 aromatic carbocycles. The average Bonchev–Trinajstić information content (AvgIpc) is 2.21. The first-order chi connectivity index (χ1) is 7.50. The first kappa shape index (κ1) is 13.0. The van der Waals surface area contributed by atoms with Crippen molar-refractivity contribution in [3.05, 3.63) is 33.4 Å². The zero-order valence-corrected chi connectivity index (χ0v) is 10.9. The molecule has 0 bridgehead atoms. The second kappa shape index (κ2) is 5.83. The van der Waals surface area contributed by atoms with Crippen molar-refractivity contribution < 1.29 is 14.7 Å². The maximum Gasteiger partial charge on any atom is 0.325 e. The topological polar surface area (TPSA) is 66.4 Å². The Bertz CT molecular complexity index is 406. The van der Waals surface area contributed by atoms with Gasteiger partial charge in [0.15, 0.2) is 0 Å². The molecule has 0 aliphatic rings. The lowest BCUT2D eigenvalue weighted by Crippen LogP contribution is -2.39. The van der Waals surface area contributed by atoms with Gasteiger partial charge in [0.05, 0.1) is 6.42 Å². The fraction of sp³-hybridized carbons (Fsp3) is 0.273. The molecule has 1 aromatic rings. The first-order valence-electron chi connectivity index (χ1n) is 4.76. The van der Waals surface area contributed by atoms with Gasteiger partial charge in [0.25, 0.3) is 0 Å². The van der Waals surface area contributed by atoms with Crippen molar-refractivity contribution in [2.75, 3.05) is 0 Å². The largest absolute Gasteiger partial charge is 0.480 e. The lowest BCUT2D eigenvalue weighted by atomic mass is 10.1. The van der Waals surface area contributed by atoms with E-state index in [4.69, 9.17) is 5.11 Å². The second-order valence-electron chi connectivity index (χ2n) is 3.40. The molecule has 86 valence electrons. The minimum absolute atomic E-state index is 0.205. The van der Waals surface area contributed by atoms with Gasteiger partial charge in [-0.15, -0.1) is 0 Å². The van der Waals surface area contributed by atoms with E-state index >= 15 is 0 Å². The molecule has 5 heteroatoms. The highest BCUT2D eigenvalue weighted by Crippen LogP contribution is 2.11. The molecule has 0 aliphatic carbocycles. The summed E-state index contributed by atoms with van der Waals surface area (Å²) in [6.07, 6.45) is 0.205. The van der Waals surface area contributed by atoms with E-state index in [1.807, 2.05) is 24.3 Å². The zero-order valence-electron chi connectivity index (χ0n) is 8.74. The summed E-state index contributed by atoms with van der Waals surface area (Å²) in [5.74, 6) is -1.31. The third-order valence-corrected chi connectivity index (χ3v) is 3.11. The quantitative estimate of drug-likeness (QED) is 0.819. The molecule has 0 heterocycles. The molecule has 1 atom stereocenters. The molecule has 4 nitrogen and oxygen atoms in total. The molecular weight excluding hydrogens is 321 g/mol. The van der Waals surface area contributed by atoms with Crippen LogP contribution < -0.4 is 5.32 Å². The van der Waals surface area contributed by atoms with E-state index in [1.54, 1.807) is 0 Å². The van der Waals surface area contributed by atoms with E-state index < -0.39 is 12.0 Å². The van der Waals surface area contributed by atoms with Gasteiger partial charge in [-0.25, -0.2) is 0 Å². The number of hydrogen-bond acceptors (Lipinski definition) is 2. The van der Waals surface area contributed by atoms with Crippen molar-refractivity contribution in [2.45, 2.75) is 19.4 Å². The van der Waals surface area contributed by atoms with Crippen molar-refractivity contribution in [1.29, 1.82) is 0 Å². The zero-order chi connectivity index (χ0) is 12.1. The Kier molecular flexibility index (Phi) is 4.72. The number of rotatable bonds is 4. The summed E-state index contributed by atoms with van der Waals surface area (Å²) < 4.78 is 0.998. The minimum Gasteiger partial charge on any atom is -0.480 e. The lowest BCUT2D eigenvalue weighted by Gasteiger charge is -2.09. The average molecular weight is 333 g/mol. The van der Waals surface area contributed by atoms with Gasteiger partial charge < -0.3 is 10.4 Å². The van der Waals surface area contributed by atoms with Crippen molar-refractivity contribution >= 4 is 34.5 Å². The number of carbonyl (C=O) groups excluding carboxylic acids is 1. The Hall–Kier alpha value is -1.11. The summed E-state index contributed by atoms with van der Waals surface area (Å²) in [5.41, 5.74) is 0.901. The molecule has 1 rings (SSSR count). The van der Waals surface area contributed by atoms with Crippen LogP contribution in [0.25, 0.3) is 0 Å². The highest BCUT2D eigenvalue weighted by atomic mass is 127. The predicted octanol–water partition coefficient (Wildman–Crippen LogP) is 1.42. The molecule has 0 spiro atoms.